The van der Waals surface area contributed by atoms with Gasteiger partial charge in [0, 0.05) is 24.1 Å². The van der Waals surface area contributed by atoms with E-state index in [0.717, 1.165) is 6.07 Å². The van der Waals surface area contributed by atoms with Gasteiger partial charge in [-0.15, -0.1) is 0 Å². The van der Waals surface area contributed by atoms with Crippen molar-refractivity contribution in [1.29, 1.82) is 0 Å². The maximum Gasteiger partial charge on any atom is 0.187 e. The Kier molecular flexibility index (Phi) is 6.03. The molecule has 0 radical (unpaired) electrons. The second kappa shape index (κ2) is 8.62. The lowest BCUT2D eigenvalue weighted by Gasteiger charge is -2.43. The highest BCUT2D eigenvalue weighted by atomic mass is 16.7. The summed E-state index contributed by atoms with van der Waals surface area (Å²) in [7, 11) is 0. The summed E-state index contributed by atoms with van der Waals surface area (Å²) < 4.78 is 17.2. The van der Waals surface area contributed by atoms with E-state index in [2.05, 4.69) is 0 Å². The monoisotopic (exact) mass is 452 g/mol. The number of ether oxygens (including phenoxy) is 3. The van der Waals surface area contributed by atoms with E-state index in [1.54, 1.807) is 0 Å². The molecule has 4 rings (SSSR count). The third-order valence-corrected chi connectivity index (χ3v) is 5.65. The molecule has 1 saturated heterocycles. The lowest BCUT2D eigenvalue weighted by molar-refractivity contribution is -0.317. The summed E-state index contributed by atoms with van der Waals surface area (Å²) in [4.78, 5) is 0. The van der Waals surface area contributed by atoms with Gasteiger partial charge < -0.3 is 55.1 Å². The molecule has 1 fully saturated rings. The van der Waals surface area contributed by atoms with Gasteiger partial charge in [-0.05, 0) is 17.7 Å². The van der Waals surface area contributed by atoms with Crippen LogP contribution in [-0.2, 0) is 15.9 Å². The average Bonchev–Trinajstić information content (AvgIpc) is 2.76. The number of aliphatic hydroxyl groups excluding tert-OH is 4. The number of aliphatic hydroxyl groups is 4. The second-order valence-electron chi connectivity index (χ2n) is 7.80. The largest absolute Gasteiger partial charge is 0.508 e. The van der Waals surface area contributed by atoms with E-state index >= 15 is 0 Å². The van der Waals surface area contributed by atoms with E-state index in [1.165, 1.54) is 24.3 Å². The molecule has 0 aromatic heterocycles. The molecule has 32 heavy (non-hydrogen) atoms. The van der Waals surface area contributed by atoms with Crippen molar-refractivity contribution in [1.82, 2.24) is 0 Å². The van der Waals surface area contributed by atoms with E-state index in [9.17, 15) is 40.9 Å². The summed E-state index contributed by atoms with van der Waals surface area (Å²) >= 11 is 0. The SMILES string of the molecule is OC[C@H]1O[C@@H](OC2Cc3c(O)cc(O)cc3OC2c2ccc(O)c(O)c2)[C@H](O)[C@H](O)[C@@H]1O. The Hall–Kier alpha value is -2.80. The Morgan fingerprint density at radius 1 is 0.875 bits per heavy atom. The van der Waals surface area contributed by atoms with E-state index < -0.39 is 55.3 Å². The Morgan fingerprint density at radius 2 is 1.62 bits per heavy atom. The van der Waals surface area contributed by atoms with Crippen LogP contribution >= 0.6 is 0 Å². The molecule has 2 unspecified atom stereocenters. The van der Waals surface area contributed by atoms with Gasteiger partial charge in [0.05, 0.1) is 6.61 Å². The molecule has 2 heterocycles. The van der Waals surface area contributed by atoms with Gasteiger partial charge in [-0.25, -0.2) is 0 Å². The van der Waals surface area contributed by atoms with Crippen LogP contribution in [0, 0.1) is 0 Å². The van der Waals surface area contributed by atoms with Gasteiger partial charge in [0.1, 0.15) is 47.8 Å². The summed E-state index contributed by atoms with van der Waals surface area (Å²) in [5.41, 5.74) is 0.667. The van der Waals surface area contributed by atoms with Crippen LogP contribution in [-0.4, -0.2) is 84.3 Å². The fourth-order valence-electron chi connectivity index (χ4n) is 3.92. The fraction of sp³-hybridized carbons (Fsp3) is 0.429. The lowest BCUT2D eigenvalue weighted by atomic mass is 9.93. The third-order valence-electron chi connectivity index (χ3n) is 5.65. The molecule has 11 heteroatoms. The molecule has 0 saturated carbocycles. The number of hydrogen-bond acceptors (Lipinski definition) is 11. The van der Waals surface area contributed by atoms with Crippen LogP contribution < -0.4 is 4.74 Å². The van der Waals surface area contributed by atoms with Crippen LogP contribution in [0.25, 0.3) is 0 Å². The van der Waals surface area contributed by atoms with E-state index in [-0.39, 0.29) is 29.4 Å². The van der Waals surface area contributed by atoms with E-state index in [4.69, 9.17) is 14.2 Å². The molecular weight excluding hydrogens is 428 g/mol. The fourth-order valence-corrected chi connectivity index (χ4v) is 3.92. The molecule has 0 bridgehead atoms. The van der Waals surface area contributed by atoms with Gasteiger partial charge in [0.15, 0.2) is 23.9 Å². The molecule has 0 amide bonds. The zero-order valence-electron chi connectivity index (χ0n) is 16.6. The maximum atomic E-state index is 10.3. The molecule has 2 aromatic rings. The molecule has 2 aliphatic heterocycles. The van der Waals surface area contributed by atoms with Crippen LogP contribution in [0.1, 0.15) is 17.2 Å². The van der Waals surface area contributed by atoms with E-state index in [1.807, 2.05) is 0 Å². The summed E-state index contributed by atoms with van der Waals surface area (Å²) in [6.07, 6.45) is -9.41. The van der Waals surface area contributed by atoms with Crippen molar-refractivity contribution < 1.29 is 55.1 Å². The molecule has 11 nitrogen and oxygen atoms in total. The van der Waals surface area contributed by atoms with E-state index in [0.29, 0.717) is 11.1 Å². The molecule has 8 N–H and O–H groups in total. The van der Waals surface area contributed by atoms with Gasteiger partial charge >= 0.3 is 0 Å². The topological polar surface area (TPSA) is 190 Å². The Bertz CT molecular complexity index is 978. The van der Waals surface area contributed by atoms with Crippen molar-refractivity contribution in [2.24, 2.45) is 0 Å². The summed E-state index contributed by atoms with van der Waals surface area (Å²) in [5, 5.41) is 79.4. The van der Waals surface area contributed by atoms with Crippen LogP contribution in [0.15, 0.2) is 30.3 Å². The minimum absolute atomic E-state index is 0.0166. The smallest absolute Gasteiger partial charge is 0.187 e. The maximum absolute atomic E-state index is 10.3. The zero-order chi connectivity index (χ0) is 23.2. The summed E-state index contributed by atoms with van der Waals surface area (Å²) in [6, 6.07) is 6.38. The Labute approximate surface area is 181 Å². The standard InChI is InChI=1S/C21H24O11/c22-7-16-17(27)18(28)19(29)21(32-16)31-15-6-10-12(25)4-9(23)5-14(10)30-20(15)8-1-2-11(24)13(26)3-8/h1-5,15-29H,6-7H2/t15?,16-,17-,18-,19-,20?,21-/m1/s1. The number of phenols is 4. The first-order chi connectivity index (χ1) is 15.2. The van der Waals surface area contributed by atoms with Gasteiger partial charge in [0.25, 0.3) is 0 Å². The van der Waals surface area contributed by atoms with Crippen molar-refractivity contribution in [3.05, 3.63) is 41.5 Å². The molecule has 0 aliphatic carbocycles. The van der Waals surface area contributed by atoms with Gasteiger partial charge in [0.2, 0.25) is 0 Å². The van der Waals surface area contributed by atoms with Crippen molar-refractivity contribution in [3.63, 3.8) is 0 Å². The highest BCUT2D eigenvalue weighted by Crippen LogP contribution is 2.44. The lowest BCUT2D eigenvalue weighted by Crippen LogP contribution is -2.60. The second-order valence-corrected chi connectivity index (χ2v) is 7.80. The first-order valence-electron chi connectivity index (χ1n) is 9.89. The van der Waals surface area contributed by atoms with Crippen LogP contribution in [0.5, 0.6) is 28.7 Å². The highest BCUT2D eigenvalue weighted by Gasteiger charge is 2.46. The average molecular weight is 452 g/mol. The van der Waals surface area contributed by atoms with Crippen LogP contribution in [0.3, 0.4) is 0 Å². The molecule has 7 atom stereocenters. The minimum atomic E-state index is -1.66. The number of phenolic OH excluding ortho intramolecular Hbond substituents is 4. The van der Waals surface area contributed by atoms with Crippen molar-refractivity contribution in [3.8, 4) is 28.7 Å². The number of hydrogen-bond donors (Lipinski definition) is 8. The number of aromatic hydroxyl groups is 4. The zero-order valence-corrected chi connectivity index (χ0v) is 16.6. The Morgan fingerprint density at radius 3 is 2.31 bits per heavy atom. The van der Waals surface area contributed by atoms with Gasteiger partial charge in [-0.2, -0.15) is 0 Å². The minimum Gasteiger partial charge on any atom is -0.508 e. The normalized spacial score (nSPS) is 32.2. The molecule has 174 valence electrons. The summed E-state index contributed by atoms with van der Waals surface area (Å²) in [5.74, 6) is -1.10. The van der Waals surface area contributed by atoms with Crippen LogP contribution in [0.2, 0.25) is 0 Å². The molecule has 0 spiro atoms. The quantitative estimate of drug-likeness (QED) is 0.276. The highest BCUT2D eigenvalue weighted by molar-refractivity contribution is 5.52. The van der Waals surface area contributed by atoms with Crippen molar-refractivity contribution in [2.75, 3.05) is 6.61 Å². The third kappa shape index (κ3) is 4.01. The first-order valence-corrected chi connectivity index (χ1v) is 9.89. The first kappa shape index (κ1) is 22.4. The van der Waals surface area contributed by atoms with Gasteiger partial charge in [-0.3, -0.25) is 0 Å². The number of benzene rings is 2. The molecular formula is C21H24O11. The van der Waals surface area contributed by atoms with Crippen molar-refractivity contribution in [2.45, 2.75) is 49.3 Å². The predicted molar refractivity (Wildman–Crippen MR) is 105 cm³/mol. The predicted octanol–water partition coefficient (Wildman–Crippen LogP) is -0.630. The molecule has 2 aromatic carbocycles. The van der Waals surface area contributed by atoms with Crippen LogP contribution in [0.4, 0.5) is 0 Å². The van der Waals surface area contributed by atoms with Crippen molar-refractivity contribution >= 4 is 0 Å². The summed E-state index contributed by atoms with van der Waals surface area (Å²) in [6.45, 7) is -0.635. The number of rotatable bonds is 4. The Balaban J connectivity index is 1.68. The molecule has 2 aliphatic rings. The number of fused-ring (bicyclic) bond motifs is 1. The van der Waals surface area contributed by atoms with Gasteiger partial charge in [-0.1, -0.05) is 6.07 Å².